The number of hydrogen-bond donors (Lipinski definition) is 1. The van der Waals surface area contributed by atoms with Crippen molar-refractivity contribution in [2.75, 3.05) is 5.73 Å². The fourth-order valence-corrected chi connectivity index (χ4v) is 1.97. The van der Waals surface area contributed by atoms with Crippen molar-refractivity contribution >= 4 is 34.1 Å². The van der Waals surface area contributed by atoms with E-state index < -0.39 is 0 Å². The van der Waals surface area contributed by atoms with Crippen LogP contribution in [0.3, 0.4) is 0 Å². The molecule has 0 unspecified atom stereocenters. The molecule has 0 saturated heterocycles. The molecule has 0 aromatic heterocycles. The van der Waals surface area contributed by atoms with Gasteiger partial charge in [0.05, 0.1) is 11.3 Å². The van der Waals surface area contributed by atoms with E-state index in [2.05, 4.69) is 0 Å². The highest BCUT2D eigenvalue weighted by Crippen LogP contribution is 2.22. The van der Waals surface area contributed by atoms with Crippen molar-refractivity contribution in [3.05, 3.63) is 26.8 Å². The van der Waals surface area contributed by atoms with Gasteiger partial charge in [-0.3, -0.25) is 4.79 Å². The lowest BCUT2D eigenvalue weighted by atomic mass is 10.1. The number of nitrogen functional groups attached to an aromatic ring is 1. The maximum atomic E-state index is 11.1. The SMILES string of the molecule is CC(=O)c1ccc(N)c(C#N)c1I. The van der Waals surface area contributed by atoms with Crippen LogP contribution in [0.25, 0.3) is 0 Å². The van der Waals surface area contributed by atoms with Crippen molar-refractivity contribution in [3.63, 3.8) is 0 Å². The van der Waals surface area contributed by atoms with Gasteiger partial charge in [0.2, 0.25) is 0 Å². The molecule has 0 aliphatic heterocycles. The maximum absolute atomic E-state index is 11.1. The molecule has 2 N–H and O–H groups in total. The van der Waals surface area contributed by atoms with Crippen LogP contribution in [0.5, 0.6) is 0 Å². The van der Waals surface area contributed by atoms with Gasteiger partial charge in [-0.25, -0.2) is 0 Å². The molecule has 0 saturated carbocycles. The molecule has 1 rings (SSSR count). The molecule has 3 nitrogen and oxygen atoms in total. The van der Waals surface area contributed by atoms with E-state index in [0.29, 0.717) is 20.4 Å². The fraction of sp³-hybridized carbons (Fsp3) is 0.111. The van der Waals surface area contributed by atoms with Gasteiger partial charge in [-0.05, 0) is 41.6 Å². The van der Waals surface area contributed by atoms with Crippen LogP contribution in [0.1, 0.15) is 22.8 Å². The van der Waals surface area contributed by atoms with Gasteiger partial charge in [0.15, 0.2) is 5.78 Å². The van der Waals surface area contributed by atoms with Crippen LogP contribution in [0.15, 0.2) is 12.1 Å². The fourth-order valence-electron chi connectivity index (χ4n) is 0.977. The number of rotatable bonds is 1. The molecule has 1 aromatic rings. The molecule has 0 atom stereocenters. The molecule has 1 aromatic carbocycles. The van der Waals surface area contributed by atoms with Crippen molar-refractivity contribution in [1.29, 1.82) is 5.26 Å². The number of hydrogen-bond acceptors (Lipinski definition) is 3. The lowest BCUT2D eigenvalue weighted by molar-refractivity contribution is 0.101. The normalized spacial score (nSPS) is 9.31. The van der Waals surface area contributed by atoms with E-state index in [1.807, 2.05) is 28.7 Å². The maximum Gasteiger partial charge on any atom is 0.160 e. The Morgan fingerprint density at radius 1 is 1.62 bits per heavy atom. The number of nitrogens with two attached hydrogens (primary N) is 1. The van der Waals surface area contributed by atoms with E-state index in [9.17, 15) is 4.79 Å². The Kier molecular flexibility index (Phi) is 2.88. The molecule has 0 aliphatic rings. The number of nitriles is 1. The van der Waals surface area contributed by atoms with Crippen molar-refractivity contribution in [2.24, 2.45) is 0 Å². The number of Topliss-reactive ketones (excluding diaryl/α,β-unsaturated/α-hetero) is 1. The van der Waals surface area contributed by atoms with E-state index in [1.165, 1.54) is 6.92 Å². The molecule has 0 heterocycles. The molecule has 0 bridgehead atoms. The van der Waals surface area contributed by atoms with Crippen LogP contribution >= 0.6 is 22.6 Å². The Morgan fingerprint density at radius 3 is 2.69 bits per heavy atom. The standard InChI is InChI=1S/C9H7IN2O/c1-5(13)6-2-3-8(12)7(4-11)9(6)10/h2-3H,12H2,1H3. The summed E-state index contributed by atoms with van der Waals surface area (Å²) in [6.45, 7) is 1.47. The summed E-state index contributed by atoms with van der Waals surface area (Å²) in [5.41, 5.74) is 6.91. The minimum absolute atomic E-state index is 0.0547. The Hall–Kier alpha value is -1.09. The minimum Gasteiger partial charge on any atom is -0.398 e. The van der Waals surface area contributed by atoms with Crippen molar-refractivity contribution in [1.82, 2.24) is 0 Å². The molecular formula is C9H7IN2O. The molecule has 66 valence electrons. The first-order valence-corrected chi connectivity index (χ1v) is 4.64. The molecule has 0 amide bonds. The number of carbonyl (C=O) groups is 1. The van der Waals surface area contributed by atoms with Crippen molar-refractivity contribution in [3.8, 4) is 6.07 Å². The smallest absolute Gasteiger partial charge is 0.160 e. The summed E-state index contributed by atoms with van der Waals surface area (Å²) in [5, 5.41) is 8.76. The summed E-state index contributed by atoms with van der Waals surface area (Å²) in [7, 11) is 0. The summed E-state index contributed by atoms with van der Waals surface area (Å²) < 4.78 is 0.632. The van der Waals surface area contributed by atoms with Gasteiger partial charge >= 0.3 is 0 Å². The summed E-state index contributed by atoms with van der Waals surface area (Å²) >= 11 is 1.96. The highest BCUT2D eigenvalue weighted by Gasteiger charge is 2.11. The van der Waals surface area contributed by atoms with Gasteiger partial charge in [0, 0.05) is 9.13 Å². The van der Waals surface area contributed by atoms with Gasteiger partial charge in [-0.2, -0.15) is 5.26 Å². The molecule has 0 radical (unpaired) electrons. The van der Waals surface area contributed by atoms with Crippen LogP contribution in [-0.4, -0.2) is 5.78 Å². The van der Waals surface area contributed by atoms with Gasteiger partial charge in [-0.15, -0.1) is 0 Å². The molecule has 0 fully saturated rings. The van der Waals surface area contributed by atoms with Gasteiger partial charge in [0.1, 0.15) is 6.07 Å². The van der Waals surface area contributed by atoms with E-state index in [1.54, 1.807) is 12.1 Å². The molecule has 4 heteroatoms. The summed E-state index contributed by atoms with van der Waals surface area (Å²) in [4.78, 5) is 11.1. The second-order valence-electron chi connectivity index (χ2n) is 2.56. The second kappa shape index (κ2) is 3.75. The number of ketones is 1. The Morgan fingerprint density at radius 2 is 2.23 bits per heavy atom. The highest BCUT2D eigenvalue weighted by atomic mass is 127. The lowest BCUT2D eigenvalue weighted by Gasteiger charge is -2.04. The predicted octanol–water partition coefficient (Wildman–Crippen LogP) is 1.95. The van der Waals surface area contributed by atoms with E-state index >= 15 is 0 Å². The van der Waals surface area contributed by atoms with Gasteiger partial charge in [0.25, 0.3) is 0 Å². The number of nitrogens with zero attached hydrogens (tertiary/aromatic N) is 1. The van der Waals surface area contributed by atoms with E-state index in [4.69, 9.17) is 11.0 Å². The van der Waals surface area contributed by atoms with Crippen LogP contribution in [0.4, 0.5) is 5.69 Å². The van der Waals surface area contributed by atoms with Crippen molar-refractivity contribution < 1.29 is 4.79 Å². The summed E-state index contributed by atoms with van der Waals surface area (Å²) in [6.07, 6.45) is 0. The lowest BCUT2D eigenvalue weighted by Crippen LogP contribution is -2.01. The molecular weight excluding hydrogens is 279 g/mol. The van der Waals surface area contributed by atoms with Gasteiger partial charge < -0.3 is 5.73 Å². The first-order valence-electron chi connectivity index (χ1n) is 3.57. The van der Waals surface area contributed by atoms with Crippen LogP contribution in [-0.2, 0) is 0 Å². The zero-order valence-electron chi connectivity index (χ0n) is 6.97. The van der Waals surface area contributed by atoms with Crippen LogP contribution < -0.4 is 5.73 Å². The van der Waals surface area contributed by atoms with Crippen molar-refractivity contribution in [2.45, 2.75) is 6.92 Å². The van der Waals surface area contributed by atoms with Gasteiger partial charge in [-0.1, -0.05) is 0 Å². The second-order valence-corrected chi connectivity index (χ2v) is 3.64. The molecule has 0 aliphatic carbocycles. The van der Waals surface area contributed by atoms with Crippen LogP contribution in [0, 0.1) is 14.9 Å². The van der Waals surface area contributed by atoms with E-state index in [0.717, 1.165) is 0 Å². The largest absolute Gasteiger partial charge is 0.398 e. The third kappa shape index (κ3) is 1.80. The topological polar surface area (TPSA) is 66.9 Å². The first-order chi connectivity index (χ1) is 6.07. The number of carbonyl (C=O) groups excluding carboxylic acids is 1. The monoisotopic (exact) mass is 286 g/mol. The Labute approximate surface area is 89.7 Å². The first kappa shape index (κ1) is 9.99. The zero-order chi connectivity index (χ0) is 10.0. The number of anilines is 1. The third-order valence-corrected chi connectivity index (χ3v) is 2.79. The zero-order valence-corrected chi connectivity index (χ0v) is 9.12. The molecule has 13 heavy (non-hydrogen) atoms. The quantitative estimate of drug-likeness (QED) is 0.487. The number of halogens is 1. The third-order valence-electron chi connectivity index (χ3n) is 1.67. The summed E-state index contributed by atoms with van der Waals surface area (Å²) in [6, 6.07) is 5.19. The minimum atomic E-state index is -0.0547. The average molecular weight is 286 g/mol. The number of benzene rings is 1. The molecule has 0 spiro atoms. The summed E-state index contributed by atoms with van der Waals surface area (Å²) in [5.74, 6) is -0.0547. The van der Waals surface area contributed by atoms with E-state index in [-0.39, 0.29) is 5.78 Å². The predicted molar refractivity (Wildman–Crippen MR) is 58.3 cm³/mol. The Balaban J connectivity index is 3.47. The highest BCUT2D eigenvalue weighted by molar-refractivity contribution is 14.1. The Bertz CT molecular complexity index is 407. The van der Waals surface area contributed by atoms with Crippen LogP contribution in [0.2, 0.25) is 0 Å². The average Bonchev–Trinajstić information content (AvgIpc) is 2.04.